The Bertz CT molecular complexity index is 328. The van der Waals surface area contributed by atoms with Crippen molar-refractivity contribution < 1.29 is 458 Å². The van der Waals surface area contributed by atoms with Gasteiger partial charge in [0.25, 0.3) is 0 Å². The number of hydrogen-bond acceptors (Lipinski definition) is 0. The van der Waals surface area contributed by atoms with Crippen LogP contribution in [-0.2, 0) is 458 Å². The molecule has 0 bridgehead atoms. The standard InChI is InChI=1S/C10H14.C7H14.4C2H6.4CH3.14Y/c1-8-4-2-5-9-6-3-7-10(8)9;1-2-7-5-3-4-6-7;4*1-2;;;;;;;;;;;;;;;;;;/h4,7,9H,2-3,5-6H2,1H3;7H,2-6H2,1H3;4*1-2H3;4*1H3;;;;;;;;;;;;;;/q;;;;;;4*-1;;;;;;;;;;;;;;. The molecular weight excluding hydrogens is 1590 g/mol. The first-order chi connectivity index (χ1) is 12.3. The van der Waals surface area contributed by atoms with Crippen LogP contribution in [0.5, 0.6) is 0 Å². The molecule has 3 aliphatic carbocycles. The second-order valence-corrected chi connectivity index (χ2v) is 5.96. The molecule has 0 aromatic rings. The second-order valence-electron chi connectivity index (χ2n) is 5.96. The van der Waals surface area contributed by atoms with E-state index in [-0.39, 0.29) is 488 Å². The zero-order valence-electron chi connectivity index (χ0n) is 31.8. The largest absolute Gasteiger partial charge is 0.358 e. The van der Waals surface area contributed by atoms with Gasteiger partial charge in [-0.15, -0.1) is 0 Å². The van der Waals surface area contributed by atoms with Crippen LogP contribution in [-0.4, -0.2) is 0 Å². The molecule has 3 rings (SSSR count). The molecular formula is C29H64Y14-4. The minimum absolute atomic E-state index is 0. The van der Waals surface area contributed by atoms with Crippen molar-refractivity contribution in [1.82, 2.24) is 0 Å². The Balaban J connectivity index is -0.00000000724. The molecule has 1 saturated carbocycles. The summed E-state index contributed by atoms with van der Waals surface area (Å²) in [5, 5.41) is 0. The van der Waals surface area contributed by atoms with Crippen LogP contribution < -0.4 is 0 Å². The summed E-state index contributed by atoms with van der Waals surface area (Å²) < 4.78 is 0. The fourth-order valence-corrected chi connectivity index (χ4v) is 3.58. The normalized spacial score (nSPS) is 11.6. The van der Waals surface area contributed by atoms with Crippen LogP contribution in [0.1, 0.15) is 127 Å². The average Bonchev–Trinajstić information content (AvgIpc) is 3.41. The van der Waals surface area contributed by atoms with Gasteiger partial charge in [0.15, 0.2) is 0 Å². The van der Waals surface area contributed by atoms with Gasteiger partial charge in [0.2, 0.25) is 0 Å². The molecule has 0 aliphatic heterocycles. The van der Waals surface area contributed by atoms with E-state index in [4.69, 9.17) is 0 Å². The minimum atomic E-state index is 0. The predicted octanol–water partition coefficient (Wildman–Crippen LogP) is 11.5. The minimum Gasteiger partial charge on any atom is -0.358 e. The van der Waals surface area contributed by atoms with Crippen molar-refractivity contribution in [3.8, 4) is 0 Å². The molecule has 3 aliphatic rings. The Morgan fingerprint density at radius 2 is 0.721 bits per heavy atom. The molecule has 14 heteroatoms. The molecule has 1 atom stereocenters. The van der Waals surface area contributed by atoms with Crippen LogP contribution in [0.25, 0.3) is 0 Å². The third-order valence-electron chi connectivity index (χ3n) is 4.79. The van der Waals surface area contributed by atoms with Crippen molar-refractivity contribution >= 4 is 0 Å². The summed E-state index contributed by atoms with van der Waals surface area (Å²) in [7, 11) is 0. The summed E-state index contributed by atoms with van der Waals surface area (Å²) in [4.78, 5) is 0. The first kappa shape index (κ1) is 138. The summed E-state index contributed by atoms with van der Waals surface area (Å²) in [6.07, 6.45) is 17.7. The summed E-state index contributed by atoms with van der Waals surface area (Å²) in [5.41, 5.74) is 3.21. The maximum absolute atomic E-state index is 2.43. The zero-order chi connectivity index (χ0) is 20.1. The maximum Gasteiger partial charge on any atom is 0 e. The van der Waals surface area contributed by atoms with Crippen LogP contribution in [0.4, 0.5) is 0 Å². The van der Waals surface area contributed by atoms with E-state index in [1.807, 2.05) is 55.4 Å². The topological polar surface area (TPSA) is 0 Å². The van der Waals surface area contributed by atoms with Crippen molar-refractivity contribution in [3.05, 3.63) is 53.0 Å². The van der Waals surface area contributed by atoms with Gasteiger partial charge in [-0.2, -0.15) is 0 Å². The quantitative estimate of drug-likeness (QED) is 0.230. The molecule has 14 radical (unpaired) electrons. The van der Waals surface area contributed by atoms with E-state index in [0.717, 1.165) is 11.8 Å². The van der Waals surface area contributed by atoms with Gasteiger partial charge in [0.1, 0.15) is 0 Å². The van der Waals surface area contributed by atoms with Gasteiger partial charge >= 0.3 is 0 Å². The van der Waals surface area contributed by atoms with E-state index in [0.29, 0.717) is 0 Å². The third kappa shape index (κ3) is 89.0. The fraction of sp³-hybridized carbons (Fsp3) is 0.724. The van der Waals surface area contributed by atoms with Gasteiger partial charge in [0.05, 0.1) is 0 Å². The molecule has 226 valence electrons. The Kier molecular flexibility index (Phi) is 396. The van der Waals surface area contributed by atoms with Gasteiger partial charge in [-0.3, -0.25) is 0 Å². The predicted molar refractivity (Wildman–Crippen MR) is 147 cm³/mol. The summed E-state index contributed by atoms with van der Waals surface area (Å²) in [5.74, 6) is 2.03. The molecule has 0 aromatic carbocycles. The van der Waals surface area contributed by atoms with E-state index in [1.54, 1.807) is 11.1 Å². The van der Waals surface area contributed by atoms with Crippen LogP contribution in [0, 0.1) is 41.5 Å². The zero-order valence-corrected chi connectivity index (χ0v) is 71.5. The van der Waals surface area contributed by atoms with Crippen molar-refractivity contribution in [2.75, 3.05) is 0 Å². The van der Waals surface area contributed by atoms with E-state index in [1.165, 1.54) is 57.8 Å². The Hall–Kier alpha value is 14.9. The Morgan fingerprint density at radius 1 is 0.465 bits per heavy atom. The van der Waals surface area contributed by atoms with Crippen molar-refractivity contribution in [2.45, 2.75) is 127 Å². The van der Waals surface area contributed by atoms with Gasteiger partial charge in [-0.05, 0) is 50.0 Å². The molecule has 1 unspecified atom stereocenters. The molecule has 43 heavy (non-hydrogen) atoms. The maximum atomic E-state index is 2.43. The van der Waals surface area contributed by atoms with Gasteiger partial charge in [-0.25, -0.2) is 0 Å². The number of fused-ring (bicyclic) bond motifs is 1. The van der Waals surface area contributed by atoms with Crippen molar-refractivity contribution in [1.29, 1.82) is 0 Å². The molecule has 0 saturated heterocycles. The van der Waals surface area contributed by atoms with E-state index in [2.05, 4.69) is 26.0 Å². The van der Waals surface area contributed by atoms with Crippen LogP contribution >= 0.6 is 0 Å². The van der Waals surface area contributed by atoms with E-state index < -0.39 is 0 Å². The van der Waals surface area contributed by atoms with Crippen molar-refractivity contribution in [2.24, 2.45) is 11.8 Å². The molecule has 0 spiro atoms. The molecule has 1 fully saturated rings. The van der Waals surface area contributed by atoms with Gasteiger partial charge < -0.3 is 29.7 Å². The number of rotatable bonds is 1. The van der Waals surface area contributed by atoms with Crippen LogP contribution in [0.2, 0.25) is 0 Å². The Labute approximate surface area is 631 Å². The van der Waals surface area contributed by atoms with Gasteiger partial charge in [-0.1, -0.05) is 112 Å². The van der Waals surface area contributed by atoms with Crippen molar-refractivity contribution in [3.63, 3.8) is 0 Å². The smallest absolute Gasteiger partial charge is 0 e. The first-order valence-corrected chi connectivity index (χ1v) is 11.7. The molecule has 0 nitrogen and oxygen atoms in total. The van der Waals surface area contributed by atoms with E-state index in [9.17, 15) is 0 Å². The average molecular weight is 1660 g/mol. The second kappa shape index (κ2) is 124. The summed E-state index contributed by atoms with van der Waals surface area (Å²) in [6, 6.07) is 0. The fourth-order valence-electron chi connectivity index (χ4n) is 3.58. The Morgan fingerprint density at radius 3 is 0.930 bits per heavy atom. The van der Waals surface area contributed by atoms with E-state index >= 15 is 0 Å². The monoisotopic (exact) mass is 1660 g/mol. The number of hydrogen-bond donors (Lipinski definition) is 0. The molecule has 0 heterocycles. The SMILES string of the molecule is CC.CC.CC.CC.CC1=CCCC2CCC=C12.CCC1CCCC1.[CH3-].[CH3-].[CH3-].[CH3-].[Y].[Y].[Y].[Y].[Y].[Y].[Y].[Y].[Y].[Y].[Y].[Y].[Y].[Y]. The number of allylic oxidation sites excluding steroid dienone is 4. The summed E-state index contributed by atoms with van der Waals surface area (Å²) >= 11 is 0. The summed E-state index contributed by atoms with van der Waals surface area (Å²) in [6.45, 7) is 20.6. The molecule has 0 aromatic heterocycles. The molecule has 0 amide bonds. The first-order valence-electron chi connectivity index (χ1n) is 11.7. The van der Waals surface area contributed by atoms with Crippen LogP contribution in [0.15, 0.2) is 23.3 Å². The third-order valence-corrected chi connectivity index (χ3v) is 4.79. The van der Waals surface area contributed by atoms with Crippen LogP contribution in [0.3, 0.4) is 0 Å². The van der Waals surface area contributed by atoms with Gasteiger partial charge in [0, 0.05) is 458 Å². The molecule has 0 N–H and O–H groups in total.